The minimum Gasteiger partial charge on any atom is -0.494 e. The van der Waals surface area contributed by atoms with Crippen molar-refractivity contribution in [3.63, 3.8) is 0 Å². The Morgan fingerprint density at radius 1 is 1.13 bits per heavy atom. The van der Waals surface area contributed by atoms with Crippen LogP contribution >= 0.6 is 0 Å². The van der Waals surface area contributed by atoms with E-state index in [0.29, 0.717) is 54.8 Å². The Kier molecular flexibility index (Phi) is 6.40. The number of hydrogen-bond acceptors (Lipinski definition) is 7. The molecule has 1 atom stereocenters. The van der Waals surface area contributed by atoms with Crippen LogP contribution in [0.4, 0.5) is 17.3 Å². The van der Waals surface area contributed by atoms with Gasteiger partial charge in [-0.1, -0.05) is 6.07 Å². The number of carbonyl (C=O) groups excluding carboxylic acids is 2. The second-order valence-electron chi connectivity index (χ2n) is 7.63. The van der Waals surface area contributed by atoms with Crippen LogP contribution in [0.2, 0.25) is 0 Å². The Balaban J connectivity index is 1.60. The molecule has 3 heterocycles. The Morgan fingerprint density at radius 2 is 2.00 bits per heavy atom. The molecular formula is C22H26N6O3. The van der Waals surface area contributed by atoms with Crippen molar-refractivity contribution in [2.75, 3.05) is 37.4 Å². The zero-order valence-corrected chi connectivity index (χ0v) is 17.5. The van der Waals surface area contributed by atoms with Crippen LogP contribution in [-0.2, 0) is 9.59 Å². The van der Waals surface area contributed by atoms with Gasteiger partial charge in [0.15, 0.2) is 0 Å². The van der Waals surface area contributed by atoms with E-state index in [9.17, 15) is 9.59 Å². The lowest BCUT2D eigenvalue weighted by molar-refractivity contribution is -0.130. The molecule has 2 aromatic rings. The van der Waals surface area contributed by atoms with E-state index in [2.05, 4.69) is 25.6 Å². The summed E-state index contributed by atoms with van der Waals surface area (Å²) in [5, 5.41) is 6.08. The molecule has 9 heteroatoms. The number of aromatic nitrogens is 2. The molecule has 0 spiro atoms. The van der Waals surface area contributed by atoms with Gasteiger partial charge in [-0.15, -0.1) is 0 Å². The molecule has 2 N–H and O–H groups in total. The normalized spacial score (nSPS) is 19.9. The van der Waals surface area contributed by atoms with Crippen LogP contribution in [0.5, 0.6) is 5.75 Å². The van der Waals surface area contributed by atoms with Gasteiger partial charge in [-0.3, -0.25) is 14.6 Å². The highest BCUT2D eigenvalue weighted by molar-refractivity contribution is 6.13. The Hall–Kier alpha value is -3.49. The van der Waals surface area contributed by atoms with Gasteiger partial charge in [0.05, 0.1) is 17.9 Å². The van der Waals surface area contributed by atoms with Gasteiger partial charge in [0, 0.05) is 38.8 Å². The first-order valence-electron chi connectivity index (χ1n) is 10.5. The second kappa shape index (κ2) is 9.55. The molecule has 0 saturated heterocycles. The monoisotopic (exact) mass is 422 g/mol. The number of benzene rings is 1. The van der Waals surface area contributed by atoms with Gasteiger partial charge in [0.25, 0.3) is 0 Å². The molecule has 31 heavy (non-hydrogen) atoms. The minimum absolute atomic E-state index is 0.131. The third-order valence-corrected chi connectivity index (χ3v) is 5.35. The van der Waals surface area contributed by atoms with Gasteiger partial charge in [-0.25, -0.2) is 9.97 Å². The molecule has 2 bridgehead atoms. The van der Waals surface area contributed by atoms with Crippen molar-refractivity contribution < 1.29 is 14.3 Å². The quantitative estimate of drug-likeness (QED) is 0.676. The number of rotatable bonds is 0. The summed E-state index contributed by atoms with van der Waals surface area (Å²) in [5.74, 6) is 1.16. The molecule has 2 aliphatic heterocycles. The van der Waals surface area contributed by atoms with Gasteiger partial charge < -0.3 is 20.3 Å². The van der Waals surface area contributed by atoms with Crippen molar-refractivity contribution in [1.82, 2.24) is 14.9 Å². The SMILES string of the molecule is CN1CCCNc2ncnc3c2C(C=Nc2cccc(c2)OCCCCC1=O)C(=O)N3. The number of nitrogens with one attached hydrogen (secondary N) is 2. The first-order chi connectivity index (χ1) is 15.1. The Labute approximate surface area is 180 Å². The highest BCUT2D eigenvalue weighted by Crippen LogP contribution is 2.34. The van der Waals surface area contributed by atoms with Crippen molar-refractivity contribution in [3.8, 4) is 5.75 Å². The standard InChI is InChI=1S/C22H26N6O3/c1-28-10-5-9-23-20-19-17(22(30)27-21(19)26-14-25-20)13-24-15-6-4-7-16(12-15)31-11-3-2-8-18(28)29/h4,6-7,12-14,17H,2-3,5,8-11H2,1H3,(H2,23,25,26,27,30). The molecule has 1 unspecified atom stereocenters. The Morgan fingerprint density at radius 3 is 2.90 bits per heavy atom. The predicted molar refractivity (Wildman–Crippen MR) is 118 cm³/mol. The molecule has 1 aromatic carbocycles. The van der Waals surface area contributed by atoms with Crippen molar-refractivity contribution in [2.24, 2.45) is 4.99 Å². The molecule has 2 aliphatic rings. The van der Waals surface area contributed by atoms with Crippen LogP contribution in [0.3, 0.4) is 0 Å². The lowest BCUT2D eigenvalue weighted by atomic mass is 10.0. The van der Waals surface area contributed by atoms with E-state index < -0.39 is 5.92 Å². The second-order valence-corrected chi connectivity index (χ2v) is 7.63. The van der Waals surface area contributed by atoms with Crippen LogP contribution in [0.25, 0.3) is 0 Å². The fourth-order valence-electron chi connectivity index (χ4n) is 3.62. The van der Waals surface area contributed by atoms with Crippen LogP contribution in [0.15, 0.2) is 35.6 Å². The molecule has 0 saturated carbocycles. The minimum atomic E-state index is -0.588. The molecule has 0 radical (unpaired) electrons. The predicted octanol–water partition coefficient (Wildman–Crippen LogP) is 2.74. The largest absolute Gasteiger partial charge is 0.494 e. The average Bonchev–Trinajstić information content (AvgIpc) is 3.10. The van der Waals surface area contributed by atoms with E-state index in [1.54, 1.807) is 11.1 Å². The van der Waals surface area contributed by atoms with E-state index >= 15 is 0 Å². The summed E-state index contributed by atoms with van der Waals surface area (Å²) in [7, 11) is 1.82. The molecule has 9 nitrogen and oxygen atoms in total. The number of aliphatic imine (C=N–C) groups is 1. The third-order valence-electron chi connectivity index (χ3n) is 5.35. The van der Waals surface area contributed by atoms with Gasteiger partial charge in [0.1, 0.15) is 29.6 Å². The summed E-state index contributed by atoms with van der Waals surface area (Å²) < 4.78 is 5.81. The van der Waals surface area contributed by atoms with Crippen molar-refractivity contribution >= 4 is 35.4 Å². The summed E-state index contributed by atoms with van der Waals surface area (Å²) >= 11 is 0. The van der Waals surface area contributed by atoms with Crippen molar-refractivity contribution in [2.45, 2.75) is 31.6 Å². The zero-order valence-electron chi connectivity index (χ0n) is 17.5. The van der Waals surface area contributed by atoms with Gasteiger partial charge in [-0.2, -0.15) is 0 Å². The Bertz CT molecular complexity index is 993. The van der Waals surface area contributed by atoms with Crippen LogP contribution < -0.4 is 15.4 Å². The van der Waals surface area contributed by atoms with Gasteiger partial charge in [0.2, 0.25) is 11.8 Å². The summed E-state index contributed by atoms with van der Waals surface area (Å²) in [6, 6.07) is 7.42. The van der Waals surface area contributed by atoms with Crippen molar-refractivity contribution in [3.05, 3.63) is 36.2 Å². The average molecular weight is 422 g/mol. The first-order valence-corrected chi connectivity index (χ1v) is 10.5. The maximum atomic E-state index is 12.5. The summed E-state index contributed by atoms with van der Waals surface area (Å²) in [6.45, 7) is 1.80. The number of nitrogens with zero attached hydrogens (tertiary/aromatic N) is 4. The lowest BCUT2D eigenvalue weighted by Crippen LogP contribution is -2.28. The van der Waals surface area contributed by atoms with Gasteiger partial charge >= 0.3 is 0 Å². The highest BCUT2D eigenvalue weighted by atomic mass is 16.5. The van der Waals surface area contributed by atoms with E-state index in [1.807, 2.05) is 31.3 Å². The molecule has 0 fully saturated rings. The lowest BCUT2D eigenvalue weighted by Gasteiger charge is -2.18. The van der Waals surface area contributed by atoms with E-state index in [-0.39, 0.29) is 11.8 Å². The molecule has 1 aromatic heterocycles. The van der Waals surface area contributed by atoms with E-state index in [1.165, 1.54) is 6.33 Å². The number of fused-ring (bicyclic) bond motifs is 2. The molecule has 0 aliphatic carbocycles. The smallest absolute Gasteiger partial charge is 0.238 e. The van der Waals surface area contributed by atoms with E-state index in [4.69, 9.17) is 4.74 Å². The molecule has 4 rings (SSSR count). The summed E-state index contributed by atoms with van der Waals surface area (Å²) in [5.41, 5.74) is 1.38. The third kappa shape index (κ3) is 4.99. The zero-order chi connectivity index (χ0) is 21.6. The summed E-state index contributed by atoms with van der Waals surface area (Å²) in [4.78, 5) is 39.6. The first kappa shape index (κ1) is 20.8. The number of carbonyl (C=O) groups is 2. The van der Waals surface area contributed by atoms with E-state index in [0.717, 1.165) is 19.3 Å². The van der Waals surface area contributed by atoms with Crippen LogP contribution in [0, 0.1) is 0 Å². The number of ether oxygens (including phenoxy) is 1. The fourth-order valence-corrected chi connectivity index (χ4v) is 3.62. The molecule has 2 amide bonds. The molecular weight excluding hydrogens is 396 g/mol. The fraction of sp³-hybridized carbons (Fsp3) is 0.409. The van der Waals surface area contributed by atoms with Gasteiger partial charge in [-0.05, 0) is 31.4 Å². The maximum Gasteiger partial charge on any atom is 0.238 e. The highest BCUT2D eigenvalue weighted by Gasteiger charge is 2.33. The summed E-state index contributed by atoms with van der Waals surface area (Å²) in [6.07, 6.45) is 5.89. The maximum absolute atomic E-state index is 12.5. The van der Waals surface area contributed by atoms with Crippen LogP contribution in [0.1, 0.15) is 37.2 Å². The number of amides is 2. The molecule has 162 valence electrons. The number of hydrogen-bond donors (Lipinski definition) is 2. The topological polar surface area (TPSA) is 109 Å². The number of anilines is 2. The van der Waals surface area contributed by atoms with Crippen molar-refractivity contribution in [1.29, 1.82) is 0 Å². The van der Waals surface area contributed by atoms with Crippen LogP contribution in [-0.4, -0.2) is 59.6 Å².